The summed E-state index contributed by atoms with van der Waals surface area (Å²) >= 11 is 0. The molecule has 0 radical (unpaired) electrons. The standard InChI is InChI=1S/C12H16F2N2O3S.ClH/c1-9-8-16(7-6-15-9)20(17,18)11-4-2-10(3-5-11)19-12(13)14;/h2-5,9,12,15H,6-8H2,1H3;1H/t9-;/m0./s1. The highest BCUT2D eigenvalue weighted by atomic mass is 35.5. The van der Waals surface area contributed by atoms with Crippen LogP contribution in [0, 0.1) is 0 Å². The SMILES string of the molecule is C[C@H]1CN(S(=O)(=O)c2ccc(OC(F)F)cc2)CCN1.Cl. The minimum atomic E-state index is -3.59. The van der Waals surface area contributed by atoms with Gasteiger partial charge in [-0.3, -0.25) is 0 Å². The lowest BCUT2D eigenvalue weighted by molar-refractivity contribution is -0.0498. The topological polar surface area (TPSA) is 58.6 Å². The van der Waals surface area contributed by atoms with Gasteiger partial charge in [-0.2, -0.15) is 13.1 Å². The number of rotatable bonds is 4. The molecule has 1 saturated heterocycles. The molecule has 21 heavy (non-hydrogen) atoms. The summed E-state index contributed by atoms with van der Waals surface area (Å²) in [5, 5.41) is 3.16. The fourth-order valence-corrected chi connectivity index (χ4v) is 3.59. The van der Waals surface area contributed by atoms with Gasteiger partial charge in [0.05, 0.1) is 4.90 Å². The molecule has 1 aromatic rings. The smallest absolute Gasteiger partial charge is 0.387 e. The van der Waals surface area contributed by atoms with Crippen molar-refractivity contribution in [3.63, 3.8) is 0 Å². The van der Waals surface area contributed by atoms with Crippen LogP contribution in [0.3, 0.4) is 0 Å². The average molecular weight is 343 g/mol. The maximum absolute atomic E-state index is 12.4. The first-order valence-electron chi connectivity index (χ1n) is 6.18. The Hall–Kier alpha value is -0.960. The minimum absolute atomic E-state index is 0. The largest absolute Gasteiger partial charge is 0.435 e. The van der Waals surface area contributed by atoms with Crippen molar-refractivity contribution in [2.24, 2.45) is 0 Å². The molecule has 0 bridgehead atoms. The van der Waals surface area contributed by atoms with E-state index >= 15 is 0 Å². The van der Waals surface area contributed by atoms with Crippen LogP contribution < -0.4 is 10.1 Å². The fraction of sp³-hybridized carbons (Fsp3) is 0.500. The third-order valence-corrected chi connectivity index (χ3v) is 4.90. The van der Waals surface area contributed by atoms with Gasteiger partial charge in [-0.15, -0.1) is 12.4 Å². The van der Waals surface area contributed by atoms with E-state index in [2.05, 4.69) is 10.1 Å². The highest BCUT2D eigenvalue weighted by Gasteiger charge is 2.28. The molecule has 1 fully saturated rings. The number of nitrogens with zero attached hydrogens (tertiary/aromatic N) is 1. The summed E-state index contributed by atoms with van der Waals surface area (Å²) in [6, 6.07) is 5.09. The lowest BCUT2D eigenvalue weighted by Crippen LogP contribution is -2.51. The number of hydrogen-bond donors (Lipinski definition) is 1. The first kappa shape index (κ1) is 18.1. The Morgan fingerprint density at radius 3 is 2.48 bits per heavy atom. The normalized spacial score (nSPS) is 20.1. The van der Waals surface area contributed by atoms with Crippen LogP contribution >= 0.6 is 12.4 Å². The number of halogens is 3. The predicted octanol–water partition coefficient (Wildman–Crippen LogP) is 1.69. The van der Waals surface area contributed by atoms with Gasteiger partial charge in [0.2, 0.25) is 10.0 Å². The first-order chi connectivity index (χ1) is 9.39. The Balaban J connectivity index is 0.00000220. The number of nitrogens with one attached hydrogen (secondary N) is 1. The van der Waals surface area contributed by atoms with Gasteiger partial charge in [-0.05, 0) is 31.2 Å². The molecule has 0 unspecified atom stereocenters. The molecule has 1 heterocycles. The molecule has 5 nitrogen and oxygen atoms in total. The molecule has 120 valence electrons. The maximum atomic E-state index is 12.4. The van der Waals surface area contributed by atoms with Crippen LogP contribution in [0.4, 0.5) is 8.78 Å². The molecule has 0 spiro atoms. The summed E-state index contributed by atoms with van der Waals surface area (Å²) in [6.45, 7) is 0.347. The van der Waals surface area contributed by atoms with E-state index in [4.69, 9.17) is 0 Å². The summed E-state index contributed by atoms with van der Waals surface area (Å²) in [7, 11) is -3.59. The maximum Gasteiger partial charge on any atom is 0.387 e. The van der Waals surface area contributed by atoms with Crippen LogP contribution in [0.1, 0.15) is 6.92 Å². The summed E-state index contributed by atoms with van der Waals surface area (Å²) < 4.78 is 54.4. The quantitative estimate of drug-likeness (QED) is 0.904. The van der Waals surface area contributed by atoms with Crippen LogP contribution in [-0.2, 0) is 10.0 Å². The van der Waals surface area contributed by atoms with Crippen LogP contribution in [0.2, 0.25) is 0 Å². The van der Waals surface area contributed by atoms with Crippen LogP contribution in [0.5, 0.6) is 5.75 Å². The predicted molar refractivity (Wildman–Crippen MR) is 76.5 cm³/mol. The Kier molecular flexibility index (Phi) is 6.33. The van der Waals surface area contributed by atoms with E-state index in [-0.39, 0.29) is 29.1 Å². The van der Waals surface area contributed by atoms with Gasteiger partial charge in [-0.25, -0.2) is 8.42 Å². The number of benzene rings is 1. The second-order valence-electron chi connectivity index (χ2n) is 4.57. The van der Waals surface area contributed by atoms with Crippen LogP contribution in [-0.4, -0.2) is 45.0 Å². The zero-order valence-corrected chi connectivity index (χ0v) is 13.0. The van der Waals surface area contributed by atoms with Gasteiger partial charge < -0.3 is 10.1 Å². The number of sulfonamides is 1. The molecule has 2 rings (SSSR count). The van der Waals surface area contributed by atoms with Crippen molar-refractivity contribution in [3.8, 4) is 5.75 Å². The molecule has 0 aromatic heterocycles. The molecule has 0 amide bonds. The van der Waals surface area contributed by atoms with E-state index in [1.54, 1.807) is 0 Å². The molecular weight excluding hydrogens is 326 g/mol. The third kappa shape index (κ3) is 4.50. The van der Waals surface area contributed by atoms with E-state index in [0.717, 1.165) is 0 Å². The van der Waals surface area contributed by atoms with Crippen molar-refractivity contribution >= 4 is 22.4 Å². The second-order valence-corrected chi connectivity index (χ2v) is 6.51. The number of ether oxygens (including phenoxy) is 1. The van der Waals surface area contributed by atoms with Gasteiger partial charge in [0.1, 0.15) is 5.75 Å². The Labute approximate surface area is 128 Å². The van der Waals surface area contributed by atoms with E-state index in [1.807, 2.05) is 6.92 Å². The van der Waals surface area contributed by atoms with Crippen molar-refractivity contribution in [1.82, 2.24) is 9.62 Å². The molecule has 1 aliphatic heterocycles. The van der Waals surface area contributed by atoms with Crippen molar-refractivity contribution < 1.29 is 21.9 Å². The highest BCUT2D eigenvalue weighted by Crippen LogP contribution is 2.21. The Morgan fingerprint density at radius 2 is 1.95 bits per heavy atom. The monoisotopic (exact) mass is 342 g/mol. The number of piperazine rings is 1. The molecule has 9 heteroatoms. The zero-order valence-electron chi connectivity index (χ0n) is 11.3. The summed E-state index contributed by atoms with van der Waals surface area (Å²) in [5.41, 5.74) is 0. The van der Waals surface area contributed by atoms with Gasteiger partial charge in [0.25, 0.3) is 0 Å². The summed E-state index contributed by atoms with van der Waals surface area (Å²) in [4.78, 5) is 0.0771. The second kappa shape index (κ2) is 7.35. The fourth-order valence-electron chi connectivity index (χ4n) is 2.06. The lowest BCUT2D eigenvalue weighted by atomic mass is 10.3. The molecular formula is C12H17ClF2N2O3S. The zero-order chi connectivity index (χ0) is 14.8. The summed E-state index contributed by atoms with van der Waals surface area (Å²) in [6.07, 6.45) is 0. The van der Waals surface area contributed by atoms with Crippen LogP contribution in [0.25, 0.3) is 0 Å². The summed E-state index contributed by atoms with van der Waals surface area (Å²) in [5.74, 6) is -0.0624. The van der Waals surface area contributed by atoms with E-state index in [0.29, 0.717) is 19.6 Å². The molecule has 1 atom stereocenters. The molecule has 0 saturated carbocycles. The highest BCUT2D eigenvalue weighted by molar-refractivity contribution is 7.89. The third-order valence-electron chi connectivity index (χ3n) is 3.02. The Bertz CT molecular complexity index is 554. The Morgan fingerprint density at radius 1 is 1.33 bits per heavy atom. The van der Waals surface area contributed by atoms with Crippen molar-refractivity contribution in [2.75, 3.05) is 19.6 Å². The molecule has 1 aromatic carbocycles. The van der Waals surface area contributed by atoms with Crippen molar-refractivity contribution in [3.05, 3.63) is 24.3 Å². The van der Waals surface area contributed by atoms with E-state index in [1.165, 1.54) is 28.6 Å². The lowest BCUT2D eigenvalue weighted by Gasteiger charge is -2.31. The van der Waals surface area contributed by atoms with Gasteiger partial charge in [0.15, 0.2) is 0 Å². The van der Waals surface area contributed by atoms with Crippen molar-refractivity contribution in [2.45, 2.75) is 24.5 Å². The molecule has 1 aliphatic rings. The minimum Gasteiger partial charge on any atom is -0.435 e. The van der Waals surface area contributed by atoms with Gasteiger partial charge in [0, 0.05) is 25.7 Å². The van der Waals surface area contributed by atoms with Crippen molar-refractivity contribution in [1.29, 1.82) is 0 Å². The average Bonchev–Trinajstić information content (AvgIpc) is 2.38. The molecule has 0 aliphatic carbocycles. The van der Waals surface area contributed by atoms with E-state index < -0.39 is 16.6 Å². The number of hydrogen-bond acceptors (Lipinski definition) is 4. The van der Waals surface area contributed by atoms with Gasteiger partial charge in [-0.1, -0.05) is 0 Å². The first-order valence-corrected chi connectivity index (χ1v) is 7.62. The molecule has 1 N–H and O–H groups in total. The van der Waals surface area contributed by atoms with Gasteiger partial charge >= 0.3 is 6.61 Å². The number of alkyl halides is 2. The van der Waals surface area contributed by atoms with Crippen LogP contribution in [0.15, 0.2) is 29.2 Å². The van der Waals surface area contributed by atoms with E-state index in [9.17, 15) is 17.2 Å².